The number of anilines is 1. The molecule has 1 fully saturated rings. The van der Waals surface area contributed by atoms with Crippen molar-refractivity contribution in [2.75, 3.05) is 31.1 Å². The molecule has 0 spiro atoms. The molecule has 0 radical (unpaired) electrons. The van der Waals surface area contributed by atoms with E-state index >= 15 is 0 Å². The third-order valence-corrected chi connectivity index (χ3v) is 4.45. The Morgan fingerprint density at radius 1 is 0.917 bits per heavy atom. The van der Waals surface area contributed by atoms with Gasteiger partial charge in [0.25, 0.3) is 5.91 Å². The van der Waals surface area contributed by atoms with Gasteiger partial charge in [-0.3, -0.25) is 9.78 Å². The molecular weight excluding hydrogens is 300 g/mol. The molecule has 1 aromatic carbocycles. The molecule has 1 amide bonds. The maximum absolute atomic E-state index is 12.9. The highest BCUT2D eigenvalue weighted by Gasteiger charge is 2.23. The van der Waals surface area contributed by atoms with Gasteiger partial charge in [-0.15, -0.1) is 0 Å². The third-order valence-electron chi connectivity index (χ3n) is 4.45. The summed E-state index contributed by atoms with van der Waals surface area (Å²) in [6, 6.07) is 13.6. The molecule has 0 N–H and O–H groups in total. The van der Waals surface area contributed by atoms with E-state index in [1.165, 1.54) is 0 Å². The van der Waals surface area contributed by atoms with Gasteiger partial charge < -0.3 is 9.80 Å². The molecule has 3 heterocycles. The third kappa shape index (κ3) is 2.69. The number of rotatable bonds is 2. The fourth-order valence-electron chi connectivity index (χ4n) is 3.16. The summed E-state index contributed by atoms with van der Waals surface area (Å²) in [4.78, 5) is 25.6. The van der Waals surface area contributed by atoms with E-state index in [9.17, 15) is 4.79 Å². The molecule has 1 aliphatic heterocycles. The number of hydrogen-bond acceptors (Lipinski definition) is 4. The highest BCUT2D eigenvalue weighted by molar-refractivity contribution is 6.06. The van der Waals surface area contributed by atoms with Crippen LogP contribution in [0.15, 0.2) is 61.1 Å². The second-order valence-electron chi connectivity index (χ2n) is 5.87. The first kappa shape index (κ1) is 14.6. The number of pyridine rings is 2. The molecule has 5 heteroatoms. The Bertz CT molecular complexity index is 852. The minimum Gasteiger partial charge on any atom is -0.353 e. The van der Waals surface area contributed by atoms with Gasteiger partial charge in [-0.2, -0.15) is 0 Å². The fourth-order valence-corrected chi connectivity index (χ4v) is 3.16. The number of fused-ring (bicyclic) bond motifs is 1. The van der Waals surface area contributed by atoms with E-state index in [1.54, 1.807) is 18.6 Å². The Morgan fingerprint density at radius 3 is 2.58 bits per heavy atom. The Hall–Kier alpha value is -2.95. The zero-order valence-electron chi connectivity index (χ0n) is 13.3. The van der Waals surface area contributed by atoms with Gasteiger partial charge in [0.05, 0.1) is 0 Å². The lowest BCUT2D eigenvalue weighted by atomic mass is 10.1. The minimum absolute atomic E-state index is 0.0903. The van der Waals surface area contributed by atoms with E-state index in [4.69, 9.17) is 0 Å². The van der Waals surface area contributed by atoms with Crippen molar-refractivity contribution in [2.24, 2.45) is 0 Å². The molecule has 0 aliphatic carbocycles. The van der Waals surface area contributed by atoms with Crippen LogP contribution in [0.4, 0.5) is 5.82 Å². The number of carbonyl (C=O) groups excluding carboxylic acids is 1. The van der Waals surface area contributed by atoms with Crippen LogP contribution in [0.1, 0.15) is 10.4 Å². The van der Waals surface area contributed by atoms with E-state index in [0.717, 1.165) is 35.2 Å². The summed E-state index contributed by atoms with van der Waals surface area (Å²) >= 11 is 0. The van der Waals surface area contributed by atoms with Gasteiger partial charge in [-0.05, 0) is 29.7 Å². The van der Waals surface area contributed by atoms with Gasteiger partial charge in [-0.1, -0.05) is 18.2 Å². The summed E-state index contributed by atoms with van der Waals surface area (Å²) in [5.74, 6) is 1.06. The highest BCUT2D eigenvalue weighted by atomic mass is 16.2. The van der Waals surface area contributed by atoms with Crippen LogP contribution in [0.2, 0.25) is 0 Å². The summed E-state index contributed by atoms with van der Waals surface area (Å²) in [5, 5.41) is 1.96. The fraction of sp³-hybridized carbons (Fsp3) is 0.211. The maximum Gasteiger partial charge on any atom is 0.254 e. The number of piperazine rings is 1. The van der Waals surface area contributed by atoms with Crippen LogP contribution in [0.3, 0.4) is 0 Å². The molecule has 120 valence electrons. The molecule has 0 bridgehead atoms. The Kier molecular flexibility index (Phi) is 3.83. The molecule has 4 rings (SSSR count). The molecule has 0 saturated carbocycles. The smallest absolute Gasteiger partial charge is 0.254 e. The van der Waals surface area contributed by atoms with Crippen molar-refractivity contribution in [1.29, 1.82) is 0 Å². The van der Waals surface area contributed by atoms with E-state index in [2.05, 4.69) is 14.9 Å². The molecule has 24 heavy (non-hydrogen) atoms. The van der Waals surface area contributed by atoms with E-state index in [1.807, 2.05) is 47.4 Å². The van der Waals surface area contributed by atoms with Crippen LogP contribution in [-0.2, 0) is 0 Å². The zero-order chi connectivity index (χ0) is 16.4. The first-order valence-corrected chi connectivity index (χ1v) is 8.11. The largest absolute Gasteiger partial charge is 0.353 e. The average Bonchev–Trinajstić information content (AvgIpc) is 2.68. The number of aromatic nitrogens is 2. The van der Waals surface area contributed by atoms with Crippen LogP contribution in [-0.4, -0.2) is 47.0 Å². The Balaban J connectivity index is 1.52. The lowest BCUT2D eigenvalue weighted by Gasteiger charge is -2.35. The van der Waals surface area contributed by atoms with Crippen LogP contribution in [0, 0.1) is 0 Å². The van der Waals surface area contributed by atoms with Gasteiger partial charge in [0.15, 0.2) is 0 Å². The lowest BCUT2D eigenvalue weighted by Crippen LogP contribution is -2.49. The van der Waals surface area contributed by atoms with Crippen molar-refractivity contribution < 1.29 is 4.79 Å². The van der Waals surface area contributed by atoms with Gasteiger partial charge >= 0.3 is 0 Å². The van der Waals surface area contributed by atoms with Gasteiger partial charge in [-0.25, -0.2) is 4.98 Å². The molecule has 2 aromatic heterocycles. The monoisotopic (exact) mass is 318 g/mol. The number of nitrogens with zero attached hydrogens (tertiary/aromatic N) is 4. The molecule has 3 aromatic rings. The van der Waals surface area contributed by atoms with E-state index in [0.29, 0.717) is 13.1 Å². The first-order chi connectivity index (χ1) is 11.8. The molecule has 5 nitrogen and oxygen atoms in total. The zero-order valence-corrected chi connectivity index (χ0v) is 13.3. The van der Waals surface area contributed by atoms with Crippen molar-refractivity contribution in [1.82, 2.24) is 14.9 Å². The topological polar surface area (TPSA) is 49.3 Å². The number of benzene rings is 1. The second kappa shape index (κ2) is 6.28. The van der Waals surface area contributed by atoms with Crippen molar-refractivity contribution in [3.05, 3.63) is 66.6 Å². The summed E-state index contributed by atoms with van der Waals surface area (Å²) in [5.41, 5.74) is 0.751. The van der Waals surface area contributed by atoms with Crippen molar-refractivity contribution in [3.63, 3.8) is 0 Å². The summed E-state index contributed by atoms with van der Waals surface area (Å²) in [6.07, 6.45) is 5.33. The summed E-state index contributed by atoms with van der Waals surface area (Å²) in [6.45, 7) is 3.01. The Morgan fingerprint density at radius 2 is 1.79 bits per heavy atom. The van der Waals surface area contributed by atoms with Crippen LogP contribution in [0.25, 0.3) is 10.8 Å². The lowest BCUT2D eigenvalue weighted by molar-refractivity contribution is 0.0748. The SMILES string of the molecule is O=C(c1cccc2cnccc12)N1CCN(c2ccccn2)CC1. The second-order valence-corrected chi connectivity index (χ2v) is 5.87. The number of hydrogen-bond donors (Lipinski definition) is 0. The van der Waals surface area contributed by atoms with E-state index in [-0.39, 0.29) is 5.91 Å². The minimum atomic E-state index is 0.0903. The van der Waals surface area contributed by atoms with Gasteiger partial charge in [0.2, 0.25) is 0 Å². The molecule has 0 unspecified atom stereocenters. The average molecular weight is 318 g/mol. The van der Waals surface area contributed by atoms with Crippen LogP contribution >= 0.6 is 0 Å². The quantitative estimate of drug-likeness (QED) is 0.729. The number of carbonyl (C=O) groups is 1. The van der Waals surface area contributed by atoms with E-state index < -0.39 is 0 Å². The predicted molar refractivity (Wildman–Crippen MR) is 94.1 cm³/mol. The van der Waals surface area contributed by atoms with Crippen LogP contribution in [0.5, 0.6) is 0 Å². The molecule has 1 saturated heterocycles. The van der Waals surface area contributed by atoms with Crippen molar-refractivity contribution >= 4 is 22.5 Å². The standard InChI is InChI=1S/C19H18N4O/c24-19(17-5-3-4-15-14-20-9-7-16(15)17)23-12-10-22(11-13-23)18-6-1-2-8-21-18/h1-9,14H,10-13H2. The Labute approximate surface area is 140 Å². The summed E-state index contributed by atoms with van der Waals surface area (Å²) in [7, 11) is 0. The normalized spacial score (nSPS) is 14.8. The highest BCUT2D eigenvalue weighted by Crippen LogP contribution is 2.20. The van der Waals surface area contributed by atoms with Gasteiger partial charge in [0, 0.05) is 55.7 Å². The van der Waals surface area contributed by atoms with Gasteiger partial charge in [0.1, 0.15) is 5.82 Å². The molecule has 0 atom stereocenters. The molecular formula is C19H18N4O. The van der Waals surface area contributed by atoms with Crippen molar-refractivity contribution in [3.8, 4) is 0 Å². The number of amides is 1. The van der Waals surface area contributed by atoms with Crippen molar-refractivity contribution in [2.45, 2.75) is 0 Å². The van der Waals surface area contributed by atoms with Crippen LogP contribution < -0.4 is 4.90 Å². The predicted octanol–water partition coefficient (Wildman–Crippen LogP) is 2.59. The summed E-state index contributed by atoms with van der Waals surface area (Å²) < 4.78 is 0. The maximum atomic E-state index is 12.9. The molecule has 1 aliphatic rings. The first-order valence-electron chi connectivity index (χ1n) is 8.11.